The zero-order valence-electron chi connectivity index (χ0n) is 15.1. The molecule has 0 saturated carbocycles. The molecule has 1 saturated heterocycles. The number of hydrogen-bond acceptors (Lipinski definition) is 4. The average Bonchev–Trinajstić information content (AvgIpc) is 2.44. The van der Waals surface area contributed by atoms with Crippen molar-refractivity contribution in [1.29, 1.82) is 0 Å². The predicted octanol–water partition coefficient (Wildman–Crippen LogP) is 2.63. The van der Waals surface area contributed by atoms with E-state index in [1.807, 2.05) is 32.6 Å². The standard InChI is InChI=1S/C17H34N2O3/c1-12(11-20)13(2)18-14(3)15-8-7-9-19(10-15)16(21)22-17(4,5)6/h12-15,18,20H,7-11H2,1-6H3. The first-order valence-corrected chi connectivity index (χ1v) is 8.49. The molecule has 2 N–H and O–H groups in total. The molecule has 1 heterocycles. The van der Waals surface area contributed by atoms with Crippen LogP contribution in [0.2, 0.25) is 0 Å². The predicted molar refractivity (Wildman–Crippen MR) is 88.8 cm³/mol. The van der Waals surface area contributed by atoms with Crippen molar-refractivity contribution in [3.8, 4) is 0 Å². The molecule has 130 valence electrons. The summed E-state index contributed by atoms with van der Waals surface area (Å²) >= 11 is 0. The number of nitrogens with one attached hydrogen (secondary N) is 1. The second kappa shape index (κ2) is 8.16. The molecule has 1 rings (SSSR count). The fourth-order valence-electron chi connectivity index (χ4n) is 2.78. The molecule has 0 bridgehead atoms. The van der Waals surface area contributed by atoms with E-state index in [2.05, 4.69) is 19.2 Å². The number of rotatable bonds is 5. The van der Waals surface area contributed by atoms with Crippen LogP contribution in [0.4, 0.5) is 4.79 Å². The van der Waals surface area contributed by atoms with Gasteiger partial charge in [0.2, 0.25) is 0 Å². The van der Waals surface area contributed by atoms with Crippen LogP contribution in [0.3, 0.4) is 0 Å². The minimum absolute atomic E-state index is 0.190. The Morgan fingerprint density at radius 3 is 2.55 bits per heavy atom. The third kappa shape index (κ3) is 6.13. The summed E-state index contributed by atoms with van der Waals surface area (Å²) in [7, 11) is 0. The highest BCUT2D eigenvalue weighted by molar-refractivity contribution is 5.68. The summed E-state index contributed by atoms with van der Waals surface area (Å²) in [5.41, 5.74) is -0.445. The van der Waals surface area contributed by atoms with Gasteiger partial charge in [-0.2, -0.15) is 0 Å². The van der Waals surface area contributed by atoms with E-state index in [9.17, 15) is 9.90 Å². The Hall–Kier alpha value is -0.810. The molecular weight excluding hydrogens is 280 g/mol. The van der Waals surface area contributed by atoms with E-state index < -0.39 is 5.60 Å². The van der Waals surface area contributed by atoms with E-state index in [1.165, 1.54) is 0 Å². The van der Waals surface area contributed by atoms with Crippen LogP contribution >= 0.6 is 0 Å². The van der Waals surface area contributed by atoms with E-state index in [1.54, 1.807) is 0 Å². The van der Waals surface area contributed by atoms with Crippen LogP contribution in [0.25, 0.3) is 0 Å². The first-order chi connectivity index (χ1) is 10.1. The van der Waals surface area contributed by atoms with Crippen LogP contribution in [0.15, 0.2) is 0 Å². The van der Waals surface area contributed by atoms with Gasteiger partial charge in [0.25, 0.3) is 0 Å². The van der Waals surface area contributed by atoms with Gasteiger partial charge >= 0.3 is 6.09 Å². The molecule has 1 fully saturated rings. The molecule has 1 aliphatic heterocycles. The van der Waals surface area contributed by atoms with Crippen molar-refractivity contribution in [2.75, 3.05) is 19.7 Å². The molecule has 0 aliphatic carbocycles. The zero-order valence-corrected chi connectivity index (χ0v) is 15.1. The van der Waals surface area contributed by atoms with Crippen molar-refractivity contribution in [3.63, 3.8) is 0 Å². The number of likely N-dealkylation sites (tertiary alicyclic amines) is 1. The van der Waals surface area contributed by atoms with Gasteiger partial charge in [-0.25, -0.2) is 4.79 Å². The maximum atomic E-state index is 12.2. The highest BCUT2D eigenvalue weighted by Gasteiger charge is 2.30. The third-order valence-corrected chi connectivity index (χ3v) is 4.48. The lowest BCUT2D eigenvalue weighted by Crippen LogP contribution is -2.50. The highest BCUT2D eigenvalue weighted by Crippen LogP contribution is 2.22. The molecule has 5 heteroatoms. The van der Waals surface area contributed by atoms with Crippen molar-refractivity contribution in [3.05, 3.63) is 0 Å². The summed E-state index contributed by atoms with van der Waals surface area (Å²) in [5.74, 6) is 0.655. The molecule has 1 amide bonds. The first-order valence-electron chi connectivity index (χ1n) is 8.49. The van der Waals surface area contributed by atoms with E-state index in [0.29, 0.717) is 12.0 Å². The molecule has 1 aliphatic rings. The number of nitrogens with zero attached hydrogens (tertiary/aromatic N) is 1. The van der Waals surface area contributed by atoms with Crippen molar-refractivity contribution in [1.82, 2.24) is 10.2 Å². The number of hydrogen-bond donors (Lipinski definition) is 2. The van der Waals surface area contributed by atoms with Crippen LogP contribution < -0.4 is 5.32 Å². The Kier molecular flexibility index (Phi) is 7.13. The number of aliphatic hydroxyl groups is 1. The topological polar surface area (TPSA) is 61.8 Å². The maximum Gasteiger partial charge on any atom is 0.410 e. The van der Waals surface area contributed by atoms with E-state index in [4.69, 9.17) is 4.74 Å². The van der Waals surface area contributed by atoms with Gasteiger partial charge in [0.1, 0.15) is 5.60 Å². The smallest absolute Gasteiger partial charge is 0.410 e. The number of piperidine rings is 1. The average molecular weight is 314 g/mol. The second-order valence-corrected chi connectivity index (χ2v) is 7.73. The summed E-state index contributed by atoms with van der Waals surface area (Å²) in [4.78, 5) is 14.0. The highest BCUT2D eigenvalue weighted by atomic mass is 16.6. The van der Waals surface area contributed by atoms with Gasteiger partial charge in [-0.15, -0.1) is 0 Å². The van der Waals surface area contributed by atoms with Gasteiger partial charge in [-0.1, -0.05) is 6.92 Å². The van der Waals surface area contributed by atoms with Crippen LogP contribution in [-0.2, 0) is 4.74 Å². The Bertz CT molecular complexity index is 354. The quantitative estimate of drug-likeness (QED) is 0.819. The summed E-state index contributed by atoms with van der Waals surface area (Å²) < 4.78 is 5.48. The van der Waals surface area contributed by atoms with E-state index >= 15 is 0 Å². The van der Waals surface area contributed by atoms with Crippen molar-refractivity contribution < 1.29 is 14.6 Å². The maximum absolute atomic E-state index is 12.2. The molecule has 0 aromatic rings. The minimum atomic E-state index is -0.445. The number of carbonyl (C=O) groups excluding carboxylic acids is 1. The van der Waals surface area contributed by atoms with Crippen LogP contribution in [0.1, 0.15) is 54.4 Å². The Morgan fingerprint density at radius 2 is 2.00 bits per heavy atom. The Balaban J connectivity index is 2.53. The van der Waals surface area contributed by atoms with Gasteiger partial charge < -0.3 is 20.1 Å². The number of ether oxygens (including phenoxy) is 1. The number of carbonyl (C=O) groups is 1. The van der Waals surface area contributed by atoms with E-state index in [-0.39, 0.29) is 24.7 Å². The minimum Gasteiger partial charge on any atom is -0.444 e. The molecule has 4 atom stereocenters. The van der Waals surface area contributed by atoms with Gasteiger partial charge in [0, 0.05) is 31.8 Å². The summed E-state index contributed by atoms with van der Waals surface area (Å²) in [6.07, 6.45) is 1.93. The Labute approximate surface area is 135 Å². The van der Waals surface area contributed by atoms with E-state index in [0.717, 1.165) is 25.9 Å². The molecule has 0 aromatic carbocycles. The molecule has 0 aromatic heterocycles. The largest absolute Gasteiger partial charge is 0.444 e. The summed E-state index contributed by atoms with van der Waals surface area (Å²) in [6, 6.07) is 0.575. The molecule has 5 nitrogen and oxygen atoms in total. The van der Waals surface area contributed by atoms with Crippen LogP contribution in [-0.4, -0.2) is 53.5 Å². The lowest BCUT2D eigenvalue weighted by atomic mass is 9.90. The van der Waals surface area contributed by atoms with Gasteiger partial charge in [-0.05, 0) is 59.3 Å². The summed E-state index contributed by atoms with van der Waals surface area (Å²) in [5, 5.41) is 12.8. The fourth-order valence-corrected chi connectivity index (χ4v) is 2.78. The van der Waals surface area contributed by atoms with Crippen LogP contribution in [0.5, 0.6) is 0 Å². The van der Waals surface area contributed by atoms with Crippen molar-refractivity contribution >= 4 is 6.09 Å². The molecule has 0 radical (unpaired) electrons. The second-order valence-electron chi connectivity index (χ2n) is 7.73. The molecule has 0 spiro atoms. The number of aliphatic hydroxyl groups excluding tert-OH is 1. The Morgan fingerprint density at radius 1 is 1.36 bits per heavy atom. The SMILES string of the molecule is CC(CO)C(C)NC(C)C1CCCN(C(=O)OC(C)(C)C)C1. The van der Waals surface area contributed by atoms with Gasteiger partial charge in [-0.3, -0.25) is 0 Å². The molecule has 22 heavy (non-hydrogen) atoms. The molecular formula is C17H34N2O3. The summed E-state index contributed by atoms with van der Waals surface area (Å²) in [6.45, 7) is 13.7. The monoisotopic (exact) mass is 314 g/mol. The molecule has 4 unspecified atom stereocenters. The third-order valence-electron chi connectivity index (χ3n) is 4.48. The first kappa shape index (κ1) is 19.2. The normalized spacial score (nSPS) is 23.8. The van der Waals surface area contributed by atoms with Crippen LogP contribution in [0, 0.1) is 11.8 Å². The van der Waals surface area contributed by atoms with Crippen molar-refractivity contribution in [2.45, 2.75) is 72.1 Å². The number of amides is 1. The van der Waals surface area contributed by atoms with Crippen molar-refractivity contribution in [2.24, 2.45) is 11.8 Å². The fraction of sp³-hybridized carbons (Fsp3) is 0.941. The lowest BCUT2D eigenvalue weighted by molar-refractivity contribution is 0.0144. The lowest BCUT2D eigenvalue weighted by Gasteiger charge is -2.38. The van der Waals surface area contributed by atoms with Gasteiger partial charge in [0.05, 0.1) is 0 Å². The zero-order chi connectivity index (χ0) is 16.9. The van der Waals surface area contributed by atoms with Gasteiger partial charge in [0.15, 0.2) is 0 Å².